The molecule has 1 fully saturated rings. The fourth-order valence-corrected chi connectivity index (χ4v) is 1.77. The lowest BCUT2D eigenvalue weighted by molar-refractivity contribution is -0.130. The molecule has 5 heteroatoms. The maximum absolute atomic E-state index is 11.8. The summed E-state index contributed by atoms with van der Waals surface area (Å²) >= 11 is 0. The summed E-state index contributed by atoms with van der Waals surface area (Å²) in [6.07, 6.45) is 4.57. The van der Waals surface area contributed by atoms with E-state index in [4.69, 9.17) is 5.73 Å². The molecule has 1 unspecified atom stereocenters. The van der Waals surface area contributed by atoms with Crippen LogP contribution in [0.2, 0.25) is 0 Å². The Morgan fingerprint density at radius 1 is 1.25 bits per heavy atom. The molecule has 1 heterocycles. The highest BCUT2D eigenvalue weighted by molar-refractivity contribution is 5.82. The topological polar surface area (TPSA) is 75.4 Å². The van der Waals surface area contributed by atoms with Gasteiger partial charge in [-0.1, -0.05) is 12.8 Å². The molecule has 2 amide bonds. The fourth-order valence-electron chi connectivity index (χ4n) is 1.77. The Bertz CT molecular complexity index is 248. The fraction of sp³-hybridized carbons (Fsp3) is 0.818. The third kappa shape index (κ3) is 4.18. The molecule has 0 aromatic carbocycles. The van der Waals surface area contributed by atoms with Crippen LogP contribution in [-0.2, 0) is 9.59 Å². The van der Waals surface area contributed by atoms with Gasteiger partial charge < -0.3 is 10.6 Å². The third-order valence-electron chi connectivity index (χ3n) is 2.95. The van der Waals surface area contributed by atoms with Crippen LogP contribution in [0.5, 0.6) is 0 Å². The van der Waals surface area contributed by atoms with Gasteiger partial charge in [-0.05, 0) is 19.8 Å². The monoisotopic (exact) mass is 227 g/mol. The molecule has 0 saturated carbocycles. The van der Waals surface area contributed by atoms with E-state index in [1.54, 1.807) is 6.92 Å². The zero-order chi connectivity index (χ0) is 12.0. The number of primary amides is 1. The molecule has 0 bridgehead atoms. The van der Waals surface area contributed by atoms with Gasteiger partial charge in [-0.15, -0.1) is 0 Å². The van der Waals surface area contributed by atoms with Crippen molar-refractivity contribution < 1.29 is 9.59 Å². The highest BCUT2D eigenvalue weighted by atomic mass is 16.2. The normalized spacial score (nSPS) is 18.9. The first-order chi connectivity index (χ1) is 7.61. The van der Waals surface area contributed by atoms with E-state index in [1.165, 1.54) is 12.8 Å². The summed E-state index contributed by atoms with van der Waals surface area (Å²) in [6, 6.07) is -0.448. The lowest BCUT2D eigenvalue weighted by Gasteiger charge is -2.21. The average Bonchev–Trinajstić information content (AvgIpc) is 2.53. The molecule has 1 aliphatic rings. The summed E-state index contributed by atoms with van der Waals surface area (Å²) in [5.74, 6) is -0.362. The molecule has 1 saturated heterocycles. The molecular formula is C11H21N3O2. The molecule has 0 aromatic heterocycles. The molecule has 1 aliphatic heterocycles. The Kier molecular flexibility index (Phi) is 5.25. The minimum Gasteiger partial charge on any atom is -0.368 e. The van der Waals surface area contributed by atoms with Crippen LogP contribution in [-0.4, -0.2) is 42.4 Å². The van der Waals surface area contributed by atoms with E-state index in [-0.39, 0.29) is 12.5 Å². The second-order valence-corrected chi connectivity index (χ2v) is 4.30. The number of hydrogen-bond donors (Lipinski definition) is 2. The molecule has 92 valence electrons. The van der Waals surface area contributed by atoms with Gasteiger partial charge in [0, 0.05) is 13.1 Å². The van der Waals surface area contributed by atoms with Crippen LogP contribution in [0.25, 0.3) is 0 Å². The van der Waals surface area contributed by atoms with Crippen molar-refractivity contribution in [1.82, 2.24) is 10.2 Å². The number of hydrogen-bond acceptors (Lipinski definition) is 3. The molecule has 0 spiro atoms. The van der Waals surface area contributed by atoms with E-state index in [1.807, 2.05) is 4.90 Å². The Morgan fingerprint density at radius 2 is 1.81 bits per heavy atom. The molecule has 16 heavy (non-hydrogen) atoms. The number of nitrogens with zero attached hydrogens (tertiary/aromatic N) is 1. The lowest BCUT2D eigenvalue weighted by atomic mass is 10.2. The van der Waals surface area contributed by atoms with Crippen molar-refractivity contribution in [3.05, 3.63) is 0 Å². The van der Waals surface area contributed by atoms with Crippen molar-refractivity contribution in [2.24, 2.45) is 5.73 Å². The first-order valence-electron chi connectivity index (χ1n) is 5.91. The van der Waals surface area contributed by atoms with Crippen molar-refractivity contribution >= 4 is 11.8 Å². The first kappa shape index (κ1) is 13.0. The minimum absolute atomic E-state index is 0.0648. The number of nitrogens with two attached hydrogens (primary N) is 1. The van der Waals surface area contributed by atoms with E-state index in [0.29, 0.717) is 0 Å². The highest BCUT2D eigenvalue weighted by Crippen LogP contribution is 2.09. The van der Waals surface area contributed by atoms with Gasteiger partial charge in [0.1, 0.15) is 0 Å². The maximum atomic E-state index is 11.8. The number of likely N-dealkylation sites (tertiary alicyclic amines) is 1. The standard InChI is InChI=1S/C11H21N3O2/c1-9(11(12)16)13-8-10(15)14-6-4-2-3-5-7-14/h9,13H,2-8H2,1H3,(H2,12,16). The van der Waals surface area contributed by atoms with Crippen molar-refractivity contribution in [1.29, 1.82) is 0 Å². The van der Waals surface area contributed by atoms with Crippen LogP contribution in [0.4, 0.5) is 0 Å². The predicted octanol–water partition coefficient (Wildman–Crippen LogP) is -0.148. The summed E-state index contributed by atoms with van der Waals surface area (Å²) in [4.78, 5) is 24.4. The van der Waals surface area contributed by atoms with Crippen molar-refractivity contribution in [3.8, 4) is 0 Å². The minimum atomic E-state index is -0.448. The summed E-state index contributed by atoms with van der Waals surface area (Å²) in [6.45, 7) is 3.54. The molecule has 3 N–H and O–H groups in total. The van der Waals surface area contributed by atoms with Crippen molar-refractivity contribution in [2.75, 3.05) is 19.6 Å². The molecule has 1 atom stereocenters. The second-order valence-electron chi connectivity index (χ2n) is 4.30. The molecule has 1 rings (SSSR count). The van der Waals surface area contributed by atoms with Crippen molar-refractivity contribution in [2.45, 2.75) is 38.6 Å². The molecular weight excluding hydrogens is 206 g/mol. The van der Waals surface area contributed by atoms with Crippen LogP contribution in [0.15, 0.2) is 0 Å². The smallest absolute Gasteiger partial charge is 0.236 e. The molecule has 0 radical (unpaired) electrons. The van der Waals surface area contributed by atoms with Gasteiger partial charge in [0.2, 0.25) is 11.8 Å². The van der Waals surface area contributed by atoms with Crippen LogP contribution in [0.3, 0.4) is 0 Å². The van der Waals surface area contributed by atoms with E-state index >= 15 is 0 Å². The molecule has 0 aliphatic carbocycles. The van der Waals surface area contributed by atoms with Gasteiger partial charge in [-0.25, -0.2) is 0 Å². The van der Waals surface area contributed by atoms with E-state index in [2.05, 4.69) is 5.32 Å². The van der Waals surface area contributed by atoms with Crippen LogP contribution in [0, 0.1) is 0 Å². The summed E-state index contributed by atoms with van der Waals surface area (Å²) in [5, 5.41) is 2.83. The number of carbonyl (C=O) groups is 2. The quantitative estimate of drug-likeness (QED) is 0.701. The molecule has 0 aromatic rings. The second kappa shape index (κ2) is 6.48. The Morgan fingerprint density at radius 3 is 2.31 bits per heavy atom. The Balaban J connectivity index is 2.30. The maximum Gasteiger partial charge on any atom is 0.236 e. The van der Waals surface area contributed by atoms with E-state index < -0.39 is 11.9 Å². The summed E-state index contributed by atoms with van der Waals surface area (Å²) < 4.78 is 0. The van der Waals surface area contributed by atoms with Gasteiger partial charge >= 0.3 is 0 Å². The Hall–Kier alpha value is -1.10. The van der Waals surface area contributed by atoms with Crippen molar-refractivity contribution in [3.63, 3.8) is 0 Å². The highest BCUT2D eigenvalue weighted by Gasteiger charge is 2.16. The van der Waals surface area contributed by atoms with Gasteiger partial charge in [0.05, 0.1) is 12.6 Å². The Labute approximate surface area is 96.4 Å². The zero-order valence-corrected chi connectivity index (χ0v) is 9.87. The van der Waals surface area contributed by atoms with Crippen LogP contribution >= 0.6 is 0 Å². The number of rotatable bonds is 4. The molecule has 5 nitrogen and oxygen atoms in total. The van der Waals surface area contributed by atoms with Gasteiger partial charge in [0.15, 0.2) is 0 Å². The van der Waals surface area contributed by atoms with Crippen LogP contribution < -0.4 is 11.1 Å². The largest absolute Gasteiger partial charge is 0.368 e. The van der Waals surface area contributed by atoms with E-state index in [9.17, 15) is 9.59 Å². The zero-order valence-electron chi connectivity index (χ0n) is 9.87. The van der Waals surface area contributed by atoms with E-state index in [0.717, 1.165) is 25.9 Å². The van der Waals surface area contributed by atoms with Gasteiger partial charge in [-0.3, -0.25) is 14.9 Å². The summed E-state index contributed by atoms with van der Waals surface area (Å²) in [5.41, 5.74) is 5.10. The number of nitrogens with one attached hydrogen (secondary N) is 1. The number of carbonyl (C=O) groups excluding carboxylic acids is 2. The third-order valence-corrected chi connectivity index (χ3v) is 2.95. The summed E-state index contributed by atoms with van der Waals surface area (Å²) in [7, 11) is 0. The lowest BCUT2D eigenvalue weighted by Crippen LogP contribution is -2.45. The SMILES string of the molecule is CC(NCC(=O)N1CCCCCC1)C(N)=O. The van der Waals surface area contributed by atoms with Gasteiger partial charge in [0.25, 0.3) is 0 Å². The van der Waals surface area contributed by atoms with Crippen LogP contribution in [0.1, 0.15) is 32.6 Å². The first-order valence-corrected chi connectivity index (χ1v) is 5.91. The number of amides is 2. The van der Waals surface area contributed by atoms with Gasteiger partial charge in [-0.2, -0.15) is 0 Å². The average molecular weight is 227 g/mol. The predicted molar refractivity (Wildman–Crippen MR) is 61.7 cm³/mol.